The monoisotopic (exact) mass is 181 g/mol. The van der Waals surface area contributed by atoms with Crippen LogP contribution < -0.4 is 0 Å². The molecule has 0 atom stereocenters. The van der Waals surface area contributed by atoms with Gasteiger partial charge in [-0.1, -0.05) is 6.07 Å². The van der Waals surface area contributed by atoms with Crippen LogP contribution in [0.15, 0.2) is 22.5 Å². The molecule has 2 rings (SSSR count). The van der Waals surface area contributed by atoms with Crippen LogP contribution >= 0.6 is 11.3 Å². The summed E-state index contributed by atoms with van der Waals surface area (Å²) in [5.74, 6) is 0.801. The van der Waals surface area contributed by atoms with Crippen molar-refractivity contribution >= 4 is 17.2 Å². The summed E-state index contributed by atoms with van der Waals surface area (Å²) >= 11 is 1.67. The Morgan fingerprint density at radius 1 is 1.58 bits per heavy atom. The van der Waals surface area contributed by atoms with Gasteiger partial charge in [0.25, 0.3) is 0 Å². The Balaban J connectivity index is 2.28. The molecule has 0 saturated heterocycles. The van der Waals surface area contributed by atoms with Gasteiger partial charge in [-0.05, 0) is 25.3 Å². The maximum absolute atomic E-state index is 5.47. The van der Waals surface area contributed by atoms with Crippen molar-refractivity contribution in [2.75, 3.05) is 6.61 Å². The maximum Gasteiger partial charge on any atom is 0.227 e. The molecule has 1 aromatic heterocycles. The number of ether oxygens (including phenoxy) is 1. The fourth-order valence-electron chi connectivity index (χ4n) is 1.11. The van der Waals surface area contributed by atoms with Crippen LogP contribution in [0.1, 0.15) is 18.7 Å². The van der Waals surface area contributed by atoms with Gasteiger partial charge in [-0.3, -0.25) is 0 Å². The minimum absolute atomic E-state index is 0.0423. The van der Waals surface area contributed by atoms with Crippen molar-refractivity contribution in [3.05, 3.63) is 22.4 Å². The molecule has 0 N–H and O–H groups in total. The van der Waals surface area contributed by atoms with E-state index < -0.39 is 0 Å². The van der Waals surface area contributed by atoms with Gasteiger partial charge in [0.2, 0.25) is 5.90 Å². The molecule has 2 nitrogen and oxygen atoms in total. The van der Waals surface area contributed by atoms with Crippen LogP contribution in [-0.4, -0.2) is 18.0 Å². The van der Waals surface area contributed by atoms with Crippen LogP contribution in [0.4, 0.5) is 0 Å². The minimum Gasteiger partial charge on any atom is -0.474 e. The van der Waals surface area contributed by atoms with E-state index in [2.05, 4.69) is 18.8 Å². The molecule has 0 spiro atoms. The summed E-state index contributed by atoms with van der Waals surface area (Å²) in [6.07, 6.45) is 0. The minimum atomic E-state index is -0.0423. The summed E-state index contributed by atoms with van der Waals surface area (Å²) in [6.45, 7) is 4.85. The number of rotatable bonds is 1. The normalized spacial score (nSPS) is 20.3. The molecule has 0 aliphatic carbocycles. The first kappa shape index (κ1) is 7.80. The lowest BCUT2D eigenvalue weighted by Crippen LogP contribution is -2.17. The summed E-state index contributed by atoms with van der Waals surface area (Å²) in [5.41, 5.74) is -0.0423. The van der Waals surface area contributed by atoms with E-state index in [0.717, 1.165) is 10.8 Å². The van der Waals surface area contributed by atoms with Gasteiger partial charge in [-0.15, -0.1) is 11.3 Å². The van der Waals surface area contributed by atoms with Gasteiger partial charge < -0.3 is 4.74 Å². The molecule has 0 aromatic carbocycles. The molecule has 0 amide bonds. The van der Waals surface area contributed by atoms with Crippen LogP contribution in [0.3, 0.4) is 0 Å². The van der Waals surface area contributed by atoms with Crippen LogP contribution in [0.25, 0.3) is 0 Å². The molecule has 12 heavy (non-hydrogen) atoms. The Bertz CT molecular complexity index is 300. The van der Waals surface area contributed by atoms with Crippen LogP contribution in [0, 0.1) is 0 Å². The Morgan fingerprint density at radius 2 is 2.42 bits per heavy atom. The van der Waals surface area contributed by atoms with Gasteiger partial charge in [-0.25, -0.2) is 4.99 Å². The van der Waals surface area contributed by atoms with Gasteiger partial charge in [0.15, 0.2) is 0 Å². The van der Waals surface area contributed by atoms with Gasteiger partial charge in [0.05, 0.1) is 10.4 Å². The Hall–Kier alpha value is -0.830. The predicted molar refractivity (Wildman–Crippen MR) is 50.9 cm³/mol. The van der Waals surface area contributed by atoms with E-state index >= 15 is 0 Å². The first-order chi connectivity index (χ1) is 5.67. The lowest BCUT2D eigenvalue weighted by molar-refractivity contribution is 0.280. The molecule has 0 saturated carbocycles. The second-order valence-electron chi connectivity index (χ2n) is 3.50. The molecule has 1 aliphatic heterocycles. The van der Waals surface area contributed by atoms with E-state index in [-0.39, 0.29) is 5.54 Å². The highest BCUT2D eigenvalue weighted by molar-refractivity contribution is 7.12. The van der Waals surface area contributed by atoms with E-state index in [1.54, 1.807) is 11.3 Å². The van der Waals surface area contributed by atoms with Crippen molar-refractivity contribution in [3.63, 3.8) is 0 Å². The van der Waals surface area contributed by atoms with Crippen molar-refractivity contribution < 1.29 is 4.74 Å². The van der Waals surface area contributed by atoms with Gasteiger partial charge in [0.1, 0.15) is 6.61 Å². The molecule has 0 unspecified atom stereocenters. The van der Waals surface area contributed by atoms with Crippen LogP contribution in [-0.2, 0) is 4.74 Å². The summed E-state index contributed by atoms with van der Waals surface area (Å²) in [6, 6.07) is 4.04. The third-order valence-corrected chi connectivity index (χ3v) is 2.56. The molecular weight excluding hydrogens is 170 g/mol. The molecule has 2 heterocycles. The summed E-state index contributed by atoms with van der Waals surface area (Å²) in [7, 11) is 0. The van der Waals surface area contributed by atoms with Crippen LogP contribution in [0.2, 0.25) is 0 Å². The topological polar surface area (TPSA) is 21.6 Å². The highest BCUT2D eigenvalue weighted by atomic mass is 32.1. The Kier molecular flexibility index (Phi) is 1.68. The van der Waals surface area contributed by atoms with E-state index in [0.29, 0.717) is 6.61 Å². The summed E-state index contributed by atoms with van der Waals surface area (Å²) in [5, 5.41) is 2.03. The van der Waals surface area contributed by atoms with Crippen molar-refractivity contribution in [1.82, 2.24) is 0 Å². The van der Waals surface area contributed by atoms with Gasteiger partial charge in [0, 0.05) is 0 Å². The summed E-state index contributed by atoms with van der Waals surface area (Å²) in [4.78, 5) is 5.59. The average molecular weight is 181 g/mol. The molecule has 64 valence electrons. The molecule has 0 bridgehead atoms. The first-order valence-electron chi connectivity index (χ1n) is 3.94. The molecular formula is C9H11NOS. The predicted octanol–water partition coefficient (Wildman–Crippen LogP) is 2.30. The number of hydrogen-bond donors (Lipinski definition) is 0. The van der Waals surface area contributed by atoms with E-state index in [4.69, 9.17) is 4.74 Å². The van der Waals surface area contributed by atoms with Crippen molar-refractivity contribution in [2.45, 2.75) is 19.4 Å². The third-order valence-electron chi connectivity index (χ3n) is 1.70. The highest BCUT2D eigenvalue weighted by Gasteiger charge is 2.27. The molecule has 0 radical (unpaired) electrons. The lowest BCUT2D eigenvalue weighted by atomic mass is 10.1. The fourth-order valence-corrected chi connectivity index (χ4v) is 1.78. The SMILES string of the molecule is CC1(C)COC(c2cccs2)=N1. The van der Waals surface area contributed by atoms with Gasteiger partial charge in [-0.2, -0.15) is 0 Å². The summed E-state index contributed by atoms with van der Waals surface area (Å²) < 4.78 is 5.47. The molecule has 3 heteroatoms. The molecule has 1 aliphatic rings. The van der Waals surface area contributed by atoms with Crippen molar-refractivity contribution in [2.24, 2.45) is 4.99 Å². The average Bonchev–Trinajstić information content (AvgIpc) is 2.55. The van der Waals surface area contributed by atoms with E-state index in [9.17, 15) is 0 Å². The molecule has 0 fully saturated rings. The zero-order valence-corrected chi connectivity index (χ0v) is 8.02. The quantitative estimate of drug-likeness (QED) is 0.651. The number of aliphatic imine (C=N–C) groups is 1. The highest BCUT2D eigenvalue weighted by Crippen LogP contribution is 2.22. The standard InChI is InChI=1S/C9H11NOS/c1-9(2)6-11-8(10-9)7-4-3-5-12-7/h3-5H,6H2,1-2H3. The van der Waals surface area contributed by atoms with Gasteiger partial charge >= 0.3 is 0 Å². The number of nitrogens with zero attached hydrogens (tertiary/aromatic N) is 1. The number of hydrogen-bond acceptors (Lipinski definition) is 3. The smallest absolute Gasteiger partial charge is 0.227 e. The zero-order valence-electron chi connectivity index (χ0n) is 7.20. The van der Waals surface area contributed by atoms with E-state index in [1.807, 2.05) is 17.5 Å². The van der Waals surface area contributed by atoms with Crippen molar-refractivity contribution in [1.29, 1.82) is 0 Å². The lowest BCUT2D eigenvalue weighted by Gasteiger charge is -2.07. The Morgan fingerprint density at radius 3 is 2.92 bits per heavy atom. The zero-order chi connectivity index (χ0) is 8.60. The largest absolute Gasteiger partial charge is 0.474 e. The maximum atomic E-state index is 5.47. The fraction of sp³-hybridized carbons (Fsp3) is 0.444. The first-order valence-corrected chi connectivity index (χ1v) is 4.82. The second kappa shape index (κ2) is 2.59. The third kappa shape index (κ3) is 1.37. The van der Waals surface area contributed by atoms with E-state index in [1.165, 1.54) is 0 Å². The molecule has 1 aromatic rings. The van der Waals surface area contributed by atoms with Crippen molar-refractivity contribution in [3.8, 4) is 0 Å². The second-order valence-corrected chi connectivity index (χ2v) is 4.44. The Labute approximate surface area is 75.9 Å². The number of thiophene rings is 1. The van der Waals surface area contributed by atoms with Crippen LogP contribution in [0.5, 0.6) is 0 Å².